The van der Waals surface area contributed by atoms with Gasteiger partial charge >= 0.3 is 5.97 Å². The van der Waals surface area contributed by atoms with E-state index < -0.39 is 11.8 Å². The minimum atomic E-state index is -0.577. The SMILES string of the molecule is O=C(C=Cc1cccc(OC(=O)c2ccc(F)cc2)c1)c1ccccc1. The summed E-state index contributed by atoms with van der Waals surface area (Å²) in [5.41, 5.74) is 1.58. The lowest BCUT2D eigenvalue weighted by Crippen LogP contribution is -2.08. The van der Waals surface area contributed by atoms with Crippen molar-refractivity contribution in [1.29, 1.82) is 0 Å². The van der Waals surface area contributed by atoms with Gasteiger partial charge in [-0.25, -0.2) is 9.18 Å². The van der Waals surface area contributed by atoms with Crippen molar-refractivity contribution < 1.29 is 18.7 Å². The lowest BCUT2D eigenvalue weighted by atomic mass is 10.1. The zero-order valence-electron chi connectivity index (χ0n) is 13.8. The van der Waals surface area contributed by atoms with Crippen molar-refractivity contribution in [2.24, 2.45) is 0 Å². The number of allylic oxidation sites excluding steroid dienone is 1. The summed E-state index contributed by atoms with van der Waals surface area (Å²) in [6.07, 6.45) is 3.13. The first-order valence-corrected chi connectivity index (χ1v) is 7.97. The fourth-order valence-electron chi connectivity index (χ4n) is 2.30. The highest BCUT2D eigenvalue weighted by molar-refractivity contribution is 6.06. The molecule has 3 aromatic carbocycles. The third kappa shape index (κ3) is 4.51. The maximum absolute atomic E-state index is 12.9. The third-order valence-electron chi connectivity index (χ3n) is 3.63. The number of ether oxygens (including phenoxy) is 1. The third-order valence-corrected chi connectivity index (χ3v) is 3.63. The standard InChI is InChI=1S/C22H15FO3/c23-19-12-10-18(11-13-19)22(25)26-20-8-4-5-16(15-20)9-14-21(24)17-6-2-1-3-7-17/h1-15H. The van der Waals surface area contributed by atoms with Crippen LogP contribution in [0.25, 0.3) is 6.08 Å². The molecule has 0 aliphatic rings. The lowest BCUT2D eigenvalue weighted by molar-refractivity contribution is 0.0734. The minimum absolute atomic E-state index is 0.112. The maximum Gasteiger partial charge on any atom is 0.343 e. The number of carbonyl (C=O) groups is 2. The summed E-state index contributed by atoms with van der Waals surface area (Å²) in [5.74, 6) is -0.767. The molecule has 0 radical (unpaired) electrons. The van der Waals surface area contributed by atoms with E-state index in [1.54, 1.807) is 54.6 Å². The molecule has 26 heavy (non-hydrogen) atoms. The molecule has 128 valence electrons. The Balaban J connectivity index is 1.70. The summed E-state index contributed by atoms with van der Waals surface area (Å²) in [6, 6.07) is 20.9. The van der Waals surface area contributed by atoms with Gasteiger partial charge < -0.3 is 4.74 Å². The van der Waals surface area contributed by atoms with Gasteiger partial charge in [0.05, 0.1) is 5.56 Å². The van der Waals surface area contributed by atoms with Gasteiger partial charge in [0.15, 0.2) is 5.78 Å². The molecule has 0 amide bonds. The number of ketones is 1. The van der Waals surface area contributed by atoms with Gasteiger partial charge in [-0.05, 0) is 48.0 Å². The van der Waals surface area contributed by atoms with E-state index in [9.17, 15) is 14.0 Å². The fraction of sp³-hybridized carbons (Fsp3) is 0. The van der Waals surface area contributed by atoms with Gasteiger partial charge in [0.2, 0.25) is 0 Å². The van der Waals surface area contributed by atoms with Crippen LogP contribution in [0, 0.1) is 5.82 Å². The highest BCUT2D eigenvalue weighted by Gasteiger charge is 2.09. The highest BCUT2D eigenvalue weighted by Crippen LogP contribution is 2.17. The van der Waals surface area contributed by atoms with Crippen molar-refractivity contribution in [3.05, 3.63) is 107 Å². The van der Waals surface area contributed by atoms with Gasteiger partial charge in [-0.3, -0.25) is 4.79 Å². The van der Waals surface area contributed by atoms with Crippen molar-refractivity contribution in [2.75, 3.05) is 0 Å². The van der Waals surface area contributed by atoms with Gasteiger partial charge in [0.25, 0.3) is 0 Å². The molecule has 3 aromatic rings. The molecular weight excluding hydrogens is 331 g/mol. The smallest absolute Gasteiger partial charge is 0.343 e. The molecule has 3 rings (SSSR count). The maximum atomic E-state index is 12.9. The van der Waals surface area contributed by atoms with Crippen LogP contribution in [0.1, 0.15) is 26.3 Å². The lowest BCUT2D eigenvalue weighted by Gasteiger charge is -2.05. The average Bonchev–Trinajstić information content (AvgIpc) is 2.67. The normalized spacial score (nSPS) is 10.7. The molecular formula is C22H15FO3. The monoisotopic (exact) mass is 346 g/mol. The first-order chi connectivity index (χ1) is 12.6. The fourth-order valence-corrected chi connectivity index (χ4v) is 2.30. The largest absolute Gasteiger partial charge is 0.423 e. The number of esters is 1. The van der Waals surface area contributed by atoms with E-state index in [-0.39, 0.29) is 11.3 Å². The number of benzene rings is 3. The van der Waals surface area contributed by atoms with Crippen LogP contribution >= 0.6 is 0 Å². The second-order valence-electron chi connectivity index (χ2n) is 5.53. The summed E-state index contributed by atoms with van der Waals surface area (Å²) in [7, 11) is 0. The Morgan fingerprint density at radius 2 is 1.54 bits per heavy atom. The van der Waals surface area contributed by atoms with Crippen LogP contribution in [0.15, 0.2) is 84.9 Å². The highest BCUT2D eigenvalue weighted by atomic mass is 19.1. The average molecular weight is 346 g/mol. The van der Waals surface area contributed by atoms with E-state index in [4.69, 9.17) is 4.74 Å². The number of hydrogen-bond donors (Lipinski definition) is 0. The van der Waals surface area contributed by atoms with Gasteiger partial charge in [-0.15, -0.1) is 0 Å². The number of rotatable bonds is 5. The molecule has 0 unspecified atom stereocenters. The molecule has 0 spiro atoms. The Kier molecular flexibility index (Phi) is 5.34. The Bertz CT molecular complexity index is 945. The van der Waals surface area contributed by atoms with Crippen molar-refractivity contribution in [2.45, 2.75) is 0 Å². The molecule has 0 saturated heterocycles. The van der Waals surface area contributed by atoms with Crippen LogP contribution in [0.2, 0.25) is 0 Å². The van der Waals surface area contributed by atoms with E-state index in [0.717, 1.165) is 5.56 Å². The second kappa shape index (κ2) is 8.03. The predicted octanol–water partition coefficient (Wildman–Crippen LogP) is 4.94. The van der Waals surface area contributed by atoms with Gasteiger partial charge in [0.1, 0.15) is 11.6 Å². The van der Waals surface area contributed by atoms with Crippen LogP contribution in [0.4, 0.5) is 4.39 Å². The molecule has 0 bridgehead atoms. The van der Waals surface area contributed by atoms with Crippen molar-refractivity contribution >= 4 is 17.8 Å². The van der Waals surface area contributed by atoms with E-state index in [0.29, 0.717) is 11.3 Å². The van der Waals surface area contributed by atoms with Gasteiger partial charge in [-0.1, -0.05) is 48.5 Å². The first kappa shape index (κ1) is 17.3. The topological polar surface area (TPSA) is 43.4 Å². The summed E-state index contributed by atoms with van der Waals surface area (Å²) in [5, 5.41) is 0. The van der Waals surface area contributed by atoms with Gasteiger partial charge in [-0.2, -0.15) is 0 Å². The molecule has 0 atom stereocenters. The van der Waals surface area contributed by atoms with Crippen LogP contribution in [0.3, 0.4) is 0 Å². The molecule has 0 heterocycles. The molecule has 0 aliphatic carbocycles. The van der Waals surface area contributed by atoms with Crippen molar-refractivity contribution in [1.82, 2.24) is 0 Å². The first-order valence-electron chi connectivity index (χ1n) is 7.97. The zero-order chi connectivity index (χ0) is 18.4. The Morgan fingerprint density at radius 1 is 0.808 bits per heavy atom. The summed E-state index contributed by atoms with van der Waals surface area (Å²) in [4.78, 5) is 24.2. The van der Waals surface area contributed by atoms with E-state index in [2.05, 4.69) is 0 Å². The molecule has 0 aliphatic heterocycles. The number of hydrogen-bond acceptors (Lipinski definition) is 3. The van der Waals surface area contributed by atoms with Crippen molar-refractivity contribution in [3.8, 4) is 5.75 Å². The van der Waals surface area contributed by atoms with Crippen LogP contribution < -0.4 is 4.74 Å². The quantitative estimate of drug-likeness (QED) is 0.284. The van der Waals surface area contributed by atoms with E-state index in [1.807, 2.05) is 6.07 Å². The molecule has 4 heteroatoms. The second-order valence-corrected chi connectivity index (χ2v) is 5.53. The molecule has 0 N–H and O–H groups in total. The summed E-state index contributed by atoms with van der Waals surface area (Å²) < 4.78 is 18.2. The van der Waals surface area contributed by atoms with E-state index >= 15 is 0 Å². The van der Waals surface area contributed by atoms with Gasteiger partial charge in [0, 0.05) is 5.56 Å². The molecule has 0 saturated carbocycles. The van der Waals surface area contributed by atoms with Crippen LogP contribution in [-0.4, -0.2) is 11.8 Å². The van der Waals surface area contributed by atoms with Crippen LogP contribution in [-0.2, 0) is 0 Å². The van der Waals surface area contributed by atoms with Crippen molar-refractivity contribution in [3.63, 3.8) is 0 Å². The summed E-state index contributed by atoms with van der Waals surface area (Å²) >= 11 is 0. The number of carbonyl (C=O) groups excluding carboxylic acids is 2. The molecule has 0 aromatic heterocycles. The van der Waals surface area contributed by atoms with E-state index in [1.165, 1.54) is 30.3 Å². The number of halogens is 1. The Labute approximate surface area is 150 Å². The Morgan fingerprint density at radius 3 is 2.27 bits per heavy atom. The molecule has 3 nitrogen and oxygen atoms in total. The predicted molar refractivity (Wildman–Crippen MR) is 97.6 cm³/mol. The van der Waals surface area contributed by atoms with Crippen LogP contribution in [0.5, 0.6) is 5.75 Å². The molecule has 0 fully saturated rings. The Hall–Kier alpha value is -3.53. The summed E-state index contributed by atoms with van der Waals surface area (Å²) in [6.45, 7) is 0. The minimum Gasteiger partial charge on any atom is -0.423 e. The zero-order valence-corrected chi connectivity index (χ0v) is 13.8.